The van der Waals surface area contributed by atoms with Gasteiger partial charge in [-0.3, -0.25) is 14.5 Å². The van der Waals surface area contributed by atoms with Crippen LogP contribution in [0.25, 0.3) is 5.76 Å². The molecule has 1 aliphatic rings. The van der Waals surface area contributed by atoms with Crippen LogP contribution in [0.1, 0.15) is 40.8 Å². The smallest absolute Gasteiger partial charge is 0.300 e. The number of aliphatic hydroxyl groups excluding tert-OH is 1. The lowest BCUT2D eigenvalue weighted by Crippen LogP contribution is -2.30. The first-order valence-electron chi connectivity index (χ1n) is 11.0. The summed E-state index contributed by atoms with van der Waals surface area (Å²) in [6, 6.07) is 19.6. The maximum absolute atomic E-state index is 13.3. The Labute approximate surface area is 193 Å². The second-order valence-corrected chi connectivity index (χ2v) is 8.23. The van der Waals surface area contributed by atoms with Gasteiger partial charge in [-0.25, -0.2) is 0 Å². The van der Waals surface area contributed by atoms with Gasteiger partial charge < -0.3 is 9.84 Å². The fraction of sp³-hybridized carbons (Fsp3) is 0.214. The lowest BCUT2D eigenvalue weighted by molar-refractivity contribution is -0.132. The number of nitrogens with zero attached hydrogens (tertiary/aromatic N) is 1. The predicted molar refractivity (Wildman–Crippen MR) is 129 cm³/mol. The highest BCUT2D eigenvalue weighted by Crippen LogP contribution is 2.44. The van der Waals surface area contributed by atoms with Crippen LogP contribution in [0.4, 0.5) is 5.69 Å². The van der Waals surface area contributed by atoms with Crippen molar-refractivity contribution in [1.29, 1.82) is 0 Å². The number of aliphatic hydroxyl groups is 1. The average Bonchev–Trinajstić information content (AvgIpc) is 3.06. The number of Topliss-reactive ketones (excluding diaryl/α,β-unsaturated/α-hetero) is 1. The van der Waals surface area contributed by atoms with E-state index < -0.39 is 17.7 Å². The molecule has 1 saturated heterocycles. The Morgan fingerprint density at radius 1 is 0.909 bits per heavy atom. The van der Waals surface area contributed by atoms with E-state index in [2.05, 4.69) is 0 Å². The van der Waals surface area contributed by atoms with E-state index in [1.165, 1.54) is 4.90 Å². The third-order valence-electron chi connectivity index (χ3n) is 6.05. The maximum Gasteiger partial charge on any atom is 0.300 e. The number of benzene rings is 3. The number of rotatable bonds is 5. The maximum atomic E-state index is 13.3. The molecule has 33 heavy (non-hydrogen) atoms. The van der Waals surface area contributed by atoms with E-state index in [4.69, 9.17) is 4.74 Å². The summed E-state index contributed by atoms with van der Waals surface area (Å²) in [5.74, 6) is -0.828. The van der Waals surface area contributed by atoms with Gasteiger partial charge in [-0.2, -0.15) is 0 Å². The second-order valence-electron chi connectivity index (χ2n) is 8.23. The minimum Gasteiger partial charge on any atom is -0.507 e. The van der Waals surface area contributed by atoms with Crippen molar-refractivity contribution in [1.82, 2.24) is 0 Å². The number of para-hydroxylation sites is 1. The average molecular weight is 442 g/mol. The number of ketones is 1. The highest BCUT2D eigenvalue weighted by molar-refractivity contribution is 6.51. The molecular formula is C28H27NO4. The van der Waals surface area contributed by atoms with Crippen LogP contribution in [-0.2, 0) is 9.59 Å². The molecule has 0 aromatic heterocycles. The van der Waals surface area contributed by atoms with E-state index >= 15 is 0 Å². The monoisotopic (exact) mass is 441 g/mol. The standard InChI is InChI=1S/C28H27NO4/c1-5-33-23-15-14-20(16-19(23)4)26(30)24-25(21-12-8-6-10-17(21)2)29(28(32)27(24)31)22-13-9-7-11-18(22)3/h6-16,25,30H,5H2,1-4H3/b26-24+. The third-order valence-corrected chi connectivity index (χ3v) is 6.05. The normalized spacial score (nSPS) is 17.5. The lowest BCUT2D eigenvalue weighted by atomic mass is 9.92. The number of ether oxygens (including phenoxy) is 1. The summed E-state index contributed by atoms with van der Waals surface area (Å²) in [7, 11) is 0. The Balaban J connectivity index is 1.95. The van der Waals surface area contributed by atoms with Crippen molar-refractivity contribution in [2.45, 2.75) is 33.7 Å². The van der Waals surface area contributed by atoms with Crippen LogP contribution in [0, 0.1) is 20.8 Å². The van der Waals surface area contributed by atoms with Gasteiger partial charge in [-0.15, -0.1) is 0 Å². The van der Waals surface area contributed by atoms with Crippen LogP contribution in [0.2, 0.25) is 0 Å². The molecule has 1 heterocycles. The van der Waals surface area contributed by atoms with E-state index in [1.54, 1.807) is 18.2 Å². The van der Waals surface area contributed by atoms with E-state index in [0.29, 0.717) is 23.6 Å². The summed E-state index contributed by atoms with van der Waals surface area (Å²) in [5, 5.41) is 11.3. The fourth-order valence-corrected chi connectivity index (χ4v) is 4.37. The summed E-state index contributed by atoms with van der Waals surface area (Å²) < 4.78 is 5.60. The van der Waals surface area contributed by atoms with Gasteiger partial charge in [0, 0.05) is 11.3 Å². The van der Waals surface area contributed by atoms with E-state index in [0.717, 1.165) is 22.3 Å². The molecule has 1 atom stereocenters. The number of aryl methyl sites for hydroxylation is 3. The number of anilines is 1. The predicted octanol–water partition coefficient (Wildman–Crippen LogP) is 5.64. The largest absolute Gasteiger partial charge is 0.507 e. The van der Waals surface area contributed by atoms with E-state index in [-0.39, 0.29) is 11.3 Å². The first-order chi connectivity index (χ1) is 15.8. The van der Waals surface area contributed by atoms with Gasteiger partial charge in [0.25, 0.3) is 11.7 Å². The molecule has 4 rings (SSSR count). The van der Waals surface area contributed by atoms with Crippen molar-refractivity contribution in [2.75, 3.05) is 11.5 Å². The van der Waals surface area contributed by atoms with Gasteiger partial charge in [0.15, 0.2) is 0 Å². The third kappa shape index (κ3) is 3.91. The summed E-state index contributed by atoms with van der Waals surface area (Å²) >= 11 is 0. The van der Waals surface area contributed by atoms with Crippen molar-refractivity contribution in [3.05, 3.63) is 100 Å². The lowest BCUT2D eigenvalue weighted by Gasteiger charge is -2.27. The second kappa shape index (κ2) is 8.94. The van der Waals surface area contributed by atoms with Crippen molar-refractivity contribution >= 4 is 23.1 Å². The topological polar surface area (TPSA) is 66.8 Å². The summed E-state index contributed by atoms with van der Waals surface area (Å²) in [6.07, 6.45) is 0. The molecule has 5 nitrogen and oxygen atoms in total. The minimum atomic E-state index is -0.737. The van der Waals surface area contributed by atoms with Crippen molar-refractivity contribution in [3.8, 4) is 5.75 Å². The van der Waals surface area contributed by atoms with Gasteiger partial charge in [0.05, 0.1) is 18.2 Å². The molecule has 1 N–H and O–H groups in total. The Bertz CT molecular complexity index is 1270. The molecule has 0 radical (unpaired) electrons. The summed E-state index contributed by atoms with van der Waals surface area (Å²) in [4.78, 5) is 28.2. The minimum absolute atomic E-state index is 0.0844. The SMILES string of the molecule is CCOc1ccc(/C(O)=C2\C(=O)C(=O)N(c3ccccc3C)C2c2ccccc2C)cc1C. The van der Waals surface area contributed by atoms with Crippen LogP contribution in [0.5, 0.6) is 5.75 Å². The molecule has 1 unspecified atom stereocenters. The number of hydrogen-bond acceptors (Lipinski definition) is 4. The zero-order chi connectivity index (χ0) is 23.7. The van der Waals surface area contributed by atoms with Crippen LogP contribution in [0.3, 0.4) is 0 Å². The van der Waals surface area contributed by atoms with Gasteiger partial charge in [0.2, 0.25) is 0 Å². The molecule has 3 aromatic rings. The highest BCUT2D eigenvalue weighted by Gasteiger charge is 2.47. The molecule has 5 heteroatoms. The zero-order valence-electron chi connectivity index (χ0n) is 19.3. The molecule has 0 bridgehead atoms. The Hall–Kier alpha value is -3.86. The van der Waals surface area contributed by atoms with Crippen LogP contribution in [0.15, 0.2) is 72.3 Å². The fourth-order valence-electron chi connectivity index (χ4n) is 4.37. The van der Waals surface area contributed by atoms with Crippen molar-refractivity contribution < 1.29 is 19.4 Å². The first-order valence-corrected chi connectivity index (χ1v) is 11.0. The Kier molecular flexibility index (Phi) is 6.05. The molecular weight excluding hydrogens is 414 g/mol. The van der Waals surface area contributed by atoms with Crippen LogP contribution in [-0.4, -0.2) is 23.4 Å². The molecule has 168 valence electrons. The Morgan fingerprint density at radius 2 is 1.58 bits per heavy atom. The number of carbonyl (C=O) groups excluding carboxylic acids is 2. The van der Waals surface area contributed by atoms with E-state index in [9.17, 15) is 14.7 Å². The summed E-state index contributed by atoms with van der Waals surface area (Å²) in [6.45, 7) is 8.16. The number of carbonyl (C=O) groups is 2. The molecule has 1 fully saturated rings. The van der Waals surface area contributed by atoms with Crippen molar-refractivity contribution in [3.63, 3.8) is 0 Å². The molecule has 3 aromatic carbocycles. The van der Waals surface area contributed by atoms with Gasteiger partial charge in [0.1, 0.15) is 11.5 Å². The van der Waals surface area contributed by atoms with Crippen molar-refractivity contribution in [2.24, 2.45) is 0 Å². The van der Waals surface area contributed by atoms with E-state index in [1.807, 2.05) is 76.2 Å². The Morgan fingerprint density at radius 3 is 2.21 bits per heavy atom. The molecule has 1 amide bonds. The van der Waals surface area contributed by atoms with Gasteiger partial charge in [-0.05, 0) is 74.2 Å². The number of hydrogen-bond donors (Lipinski definition) is 1. The first kappa shape index (κ1) is 22.3. The molecule has 1 aliphatic heterocycles. The molecule has 0 spiro atoms. The summed E-state index contributed by atoms with van der Waals surface area (Å²) in [5.41, 5.74) is 4.63. The van der Waals surface area contributed by atoms with Gasteiger partial charge >= 0.3 is 0 Å². The van der Waals surface area contributed by atoms with Gasteiger partial charge in [-0.1, -0.05) is 42.5 Å². The number of amides is 1. The van der Waals surface area contributed by atoms with Crippen LogP contribution >= 0.6 is 0 Å². The quantitative estimate of drug-likeness (QED) is 0.316. The molecule has 0 aliphatic carbocycles. The highest BCUT2D eigenvalue weighted by atomic mass is 16.5. The van der Waals surface area contributed by atoms with Crippen LogP contribution < -0.4 is 9.64 Å². The molecule has 0 saturated carbocycles. The zero-order valence-corrected chi connectivity index (χ0v) is 19.3.